The van der Waals surface area contributed by atoms with Crippen LogP contribution in [-0.2, 0) is 0 Å². The molecule has 0 aliphatic carbocycles. The lowest BCUT2D eigenvalue weighted by Crippen LogP contribution is -2.05. The number of aromatic nitrogens is 2. The normalized spacial score (nSPS) is 9.94. The number of hydrogen-bond acceptors (Lipinski definition) is 4. The van der Waals surface area contributed by atoms with Crippen molar-refractivity contribution in [1.29, 1.82) is 0 Å². The molecule has 0 bridgehead atoms. The zero-order chi connectivity index (χ0) is 12.3. The number of carbonyl (C=O) groups is 1. The summed E-state index contributed by atoms with van der Waals surface area (Å²) in [5.74, 6) is -1.33. The summed E-state index contributed by atoms with van der Waals surface area (Å²) in [6.07, 6.45) is 2.43. The van der Waals surface area contributed by atoms with E-state index in [0.717, 1.165) is 0 Å². The lowest BCUT2D eigenvalue weighted by molar-refractivity contribution is 0.0697. The molecule has 0 aliphatic heterocycles. The van der Waals surface area contributed by atoms with Crippen LogP contribution in [-0.4, -0.2) is 21.0 Å². The maximum absolute atomic E-state index is 12.7. The molecular formula is C11H8FN3O2. The minimum absolute atomic E-state index is 0.0446. The lowest BCUT2D eigenvalue weighted by Gasteiger charge is -2.07. The van der Waals surface area contributed by atoms with Crippen LogP contribution in [0.5, 0.6) is 0 Å². The summed E-state index contributed by atoms with van der Waals surface area (Å²) in [6.45, 7) is 0. The first kappa shape index (κ1) is 11.0. The number of aromatic carboxylic acids is 1. The van der Waals surface area contributed by atoms with Gasteiger partial charge in [0, 0.05) is 11.9 Å². The van der Waals surface area contributed by atoms with E-state index in [2.05, 4.69) is 15.3 Å². The molecule has 0 spiro atoms. The highest BCUT2D eigenvalue weighted by Crippen LogP contribution is 2.17. The summed E-state index contributed by atoms with van der Waals surface area (Å²) >= 11 is 0. The highest BCUT2D eigenvalue weighted by atomic mass is 19.1. The molecule has 0 saturated carbocycles. The molecule has 17 heavy (non-hydrogen) atoms. The van der Waals surface area contributed by atoms with Gasteiger partial charge < -0.3 is 10.4 Å². The fourth-order valence-electron chi connectivity index (χ4n) is 1.26. The van der Waals surface area contributed by atoms with Crippen molar-refractivity contribution >= 4 is 17.5 Å². The number of rotatable bonds is 3. The molecule has 1 aromatic heterocycles. The van der Waals surface area contributed by atoms with Crippen molar-refractivity contribution in [2.45, 2.75) is 0 Å². The Morgan fingerprint density at radius 3 is 2.65 bits per heavy atom. The standard InChI is InChI=1S/C11H8FN3O2/c12-7-1-3-8(4-2-7)15-10-9(11(16)17)5-13-6-14-10/h1-6H,(H,16,17)(H,13,14,15). The average molecular weight is 233 g/mol. The summed E-state index contributed by atoms with van der Waals surface area (Å²) in [4.78, 5) is 18.3. The molecule has 0 saturated heterocycles. The van der Waals surface area contributed by atoms with Crippen LogP contribution in [0.2, 0.25) is 0 Å². The van der Waals surface area contributed by atoms with Crippen molar-refractivity contribution in [2.75, 3.05) is 5.32 Å². The molecule has 6 heteroatoms. The second kappa shape index (κ2) is 4.56. The number of carboxylic acid groups (broad SMARTS) is 1. The molecule has 1 heterocycles. The molecule has 0 unspecified atom stereocenters. The van der Waals surface area contributed by atoms with Crippen LogP contribution in [0.4, 0.5) is 15.9 Å². The minimum Gasteiger partial charge on any atom is -0.477 e. The number of carboxylic acids is 1. The van der Waals surface area contributed by atoms with E-state index in [1.54, 1.807) is 0 Å². The van der Waals surface area contributed by atoms with Crippen molar-refractivity contribution in [3.63, 3.8) is 0 Å². The molecule has 2 aromatic rings. The third-order valence-corrected chi connectivity index (χ3v) is 2.05. The van der Waals surface area contributed by atoms with Gasteiger partial charge in [-0.15, -0.1) is 0 Å². The van der Waals surface area contributed by atoms with Crippen LogP contribution >= 0.6 is 0 Å². The van der Waals surface area contributed by atoms with Gasteiger partial charge in [0.2, 0.25) is 0 Å². The zero-order valence-electron chi connectivity index (χ0n) is 8.59. The van der Waals surface area contributed by atoms with E-state index in [1.165, 1.54) is 36.8 Å². The molecule has 2 rings (SSSR count). The highest BCUT2D eigenvalue weighted by Gasteiger charge is 2.11. The van der Waals surface area contributed by atoms with E-state index in [0.29, 0.717) is 5.69 Å². The van der Waals surface area contributed by atoms with Crippen molar-refractivity contribution < 1.29 is 14.3 Å². The van der Waals surface area contributed by atoms with Crippen LogP contribution < -0.4 is 5.32 Å². The summed E-state index contributed by atoms with van der Waals surface area (Å²) in [5, 5.41) is 11.7. The Balaban J connectivity index is 2.30. The van der Waals surface area contributed by atoms with Gasteiger partial charge in [-0.05, 0) is 24.3 Å². The molecule has 0 atom stereocenters. The fraction of sp³-hybridized carbons (Fsp3) is 0. The Morgan fingerprint density at radius 1 is 1.29 bits per heavy atom. The first-order valence-corrected chi connectivity index (χ1v) is 4.72. The van der Waals surface area contributed by atoms with E-state index in [1.807, 2.05) is 0 Å². The quantitative estimate of drug-likeness (QED) is 0.848. The van der Waals surface area contributed by atoms with Gasteiger partial charge >= 0.3 is 5.97 Å². The zero-order valence-corrected chi connectivity index (χ0v) is 8.59. The Morgan fingerprint density at radius 2 is 2.00 bits per heavy atom. The molecule has 0 amide bonds. The number of benzene rings is 1. The van der Waals surface area contributed by atoms with Crippen LogP contribution in [0.1, 0.15) is 10.4 Å². The van der Waals surface area contributed by atoms with Gasteiger partial charge in [0.15, 0.2) is 0 Å². The van der Waals surface area contributed by atoms with Crippen molar-refractivity contribution in [3.05, 3.63) is 48.2 Å². The Bertz CT molecular complexity index is 543. The Kier molecular flexibility index (Phi) is 2.95. The van der Waals surface area contributed by atoms with Crippen molar-refractivity contribution in [2.24, 2.45) is 0 Å². The highest BCUT2D eigenvalue weighted by molar-refractivity contribution is 5.93. The SMILES string of the molecule is O=C(O)c1cncnc1Nc1ccc(F)cc1. The van der Waals surface area contributed by atoms with Gasteiger partial charge in [0.1, 0.15) is 23.5 Å². The molecular weight excluding hydrogens is 225 g/mol. The Labute approximate surface area is 96.0 Å². The van der Waals surface area contributed by atoms with Gasteiger partial charge in [-0.3, -0.25) is 0 Å². The van der Waals surface area contributed by atoms with Crippen LogP contribution in [0.25, 0.3) is 0 Å². The predicted octanol–water partition coefficient (Wildman–Crippen LogP) is 2.06. The third kappa shape index (κ3) is 2.54. The topological polar surface area (TPSA) is 75.1 Å². The number of anilines is 2. The molecule has 0 aliphatic rings. The minimum atomic E-state index is -1.13. The molecule has 0 fully saturated rings. The molecule has 2 N–H and O–H groups in total. The van der Waals surface area contributed by atoms with Crippen molar-refractivity contribution in [3.8, 4) is 0 Å². The fourth-order valence-corrected chi connectivity index (χ4v) is 1.26. The second-order valence-corrected chi connectivity index (χ2v) is 3.22. The first-order valence-electron chi connectivity index (χ1n) is 4.72. The van der Waals surface area contributed by atoms with Gasteiger partial charge in [0.05, 0.1) is 0 Å². The largest absolute Gasteiger partial charge is 0.477 e. The molecule has 0 radical (unpaired) electrons. The summed E-state index contributed by atoms with van der Waals surface area (Å²) in [6, 6.07) is 5.51. The molecule has 86 valence electrons. The van der Waals surface area contributed by atoms with Gasteiger partial charge in [-0.25, -0.2) is 19.2 Å². The Hall–Kier alpha value is -2.50. The first-order chi connectivity index (χ1) is 8.16. The van der Waals surface area contributed by atoms with E-state index in [-0.39, 0.29) is 17.2 Å². The monoisotopic (exact) mass is 233 g/mol. The van der Waals surface area contributed by atoms with Crippen LogP contribution in [0, 0.1) is 5.82 Å². The maximum atomic E-state index is 12.7. The third-order valence-electron chi connectivity index (χ3n) is 2.05. The average Bonchev–Trinajstić information content (AvgIpc) is 2.32. The van der Waals surface area contributed by atoms with Gasteiger partial charge in [0.25, 0.3) is 0 Å². The van der Waals surface area contributed by atoms with Crippen LogP contribution in [0.3, 0.4) is 0 Å². The summed E-state index contributed by atoms with van der Waals surface area (Å²) < 4.78 is 12.7. The summed E-state index contributed by atoms with van der Waals surface area (Å²) in [7, 11) is 0. The molecule has 5 nitrogen and oxygen atoms in total. The van der Waals surface area contributed by atoms with E-state index in [9.17, 15) is 9.18 Å². The predicted molar refractivity (Wildman–Crippen MR) is 58.7 cm³/mol. The smallest absolute Gasteiger partial charge is 0.341 e. The van der Waals surface area contributed by atoms with E-state index < -0.39 is 5.97 Å². The van der Waals surface area contributed by atoms with E-state index >= 15 is 0 Å². The van der Waals surface area contributed by atoms with Gasteiger partial charge in [-0.1, -0.05) is 0 Å². The van der Waals surface area contributed by atoms with E-state index in [4.69, 9.17) is 5.11 Å². The second-order valence-electron chi connectivity index (χ2n) is 3.22. The molecule has 1 aromatic carbocycles. The summed E-state index contributed by atoms with van der Waals surface area (Å²) in [5.41, 5.74) is 0.504. The number of hydrogen-bond donors (Lipinski definition) is 2. The number of nitrogens with one attached hydrogen (secondary N) is 1. The lowest BCUT2D eigenvalue weighted by atomic mass is 10.2. The maximum Gasteiger partial charge on any atom is 0.341 e. The van der Waals surface area contributed by atoms with Crippen molar-refractivity contribution in [1.82, 2.24) is 9.97 Å². The van der Waals surface area contributed by atoms with Gasteiger partial charge in [-0.2, -0.15) is 0 Å². The van der Waals surface area contributed by atoms with Crippen LogP contribution in [0.15, 0.2) is 36.8 Å². The number of nitrogens with zero attached hydrogens (tertiary/aromatic N) is 2. The number of halogens is 1.